The van der Waals surface area contributed by atoms with Gasteiger partial charge in [-0.3, -0.25) is 9.13 Å². The van der Waals surface area contributed by atoms with E-state index in [0.29, 0.717) is 0 Å². The molecule has 1 rings (SSSR count). The van der Waals surface area contributed by atoms with E-state index in [9.17, 15) is 4.79 Å². The minimum absolute atomic E-state index is 0.147. The largest absolute Gasteiger partial charge is 0.328 e. The molecule has 1 aromatic rings. The van der Waals surface area contributed by atoms with Crippen molar-refractivity contribution < 1.29 is 0 Å². The van der Waals surface area contributed by atoms with Crippen LogP contribution in [-0.4, -0.2) is 9.13 Å². The highest BCUT2D eigenvalue weighted by atomic mass is 16.1. The van der Waals surface area contributed by atoms with Crippen LogP contribution >= 0.6 is 0 Å². The molecule has 1 aromatic heterocycles. The van der Waals surface area contributed by atoms with Crippen LogP contribution in [0.2, 0.25) is 0 Å². The lowest BCUT2D eigenvalue weighted by Crippen LogP contribution is -2.24. The molecule has 1 heterocycles. The lowest BCUT2D eigenvalue weighted by atomic mass is 10.2. The molecule has 0 spiro atoms. The summed E-state index contributed by atoms with van der Waals surface area (Å²) in [4.78, 5) is 11.7. The van der Waals surface area contributed by atoms with Crippen LogP contribution in [0.3, 0.4) is 0 Å². The van der Waals surface area contributed by atoms with Crippen LogP contribution in [0.4, 0.5) is 0 Å². The summed E-state index contributed by atoms with van der Waals surface area (Å²) in [5.41, 5.74) is 0.147. The van der Waals surface area contributed by atoms with Crippen molar-refractivity contribution in [2.45, 2.75) is 59.0 Å². The molecule has 0 saturated carbocycles. The first-order chi connectivity index (χ1) is 7.29. The third-order valence-electron chi connectivity index (χ3n) is 2.64. The fourth-order valence-corrected chi connectivity index (χ4v) is 1.74. The molecule has 0 unspecified atom stereocenters. The Morgan fingerprint density at radius 3 is 2.20 bits per heavy atom. The normalized spacial score (nSPS) is 10.8. The second kappa shape index (κ2) is 6.49. The number of aryl methyl sites for hydroxylation is 2. The van der Waals surface area contributed by atoms with Gasteiger partial charge in [0.2, 0.25) is 0 Å². The Morgan fingerprint density at radius 1 is 0.933 bits per heavy atom. The van der Waals surface area contributed by atoms with Crippen molar-refractivity contribution in [2.24, 2.45) is 0 Å². The second-order valence-electron chi connectivity index (χ2n) is 4.03. The maximum Gasteiger partial charge on any atom is 0.328 e. The summed E-state index contributed by atoms with van der Waals surface area (Å²) in [6, 6.07) is 0. The number of imidazole rings is 1. The van der Waals surface area contributed by atoms with Crippen LogP contribution in [0.5, 0.6) is 0 Å². The Morgan fingerprint density at radius 2 is 1.60 bits per heavy atom. The zero-order valence-electron chi connectivity index (χ0n) is 9.91. The van der Waals surface area contributed by atoms with Crippen LogP contribution in [0, 0.1) is 0 Å². The van der Waals surface area contributed by atoms with Gasteiger partial charge in [-0.05, 0) is 12.8 Å². The van der Waals surface area contributed by atoms with Crippen LogP contribution < -0.4 is 5.69 Å². The lowest BCUT2D eigenvalue weighted by Gasteiger charge is -2.01. The third kappa shape index (κ3) is 3.57. The van der Waals surface area contributed by atoms with Crippen molar-refractivity contribution in [1.82, 2.24) is 9.13 Å². The maximum atomic E-state index is 11.7. The predicted molar refractivity (Wildman–Crippen MR) is 63.1 cm³/mol. The number of aromatic nitrogens is 2. The van der Waals surface area contributed by atoms with E-state index >= 15 is 0 Å². The maximum absolute atomic E-state index is 11.7. The minimum Gasteiger partial charge on any atom is -0.299 e. The molecule has 0 fully saturated rings. The van der Waals surface area contributed by atoms with Crippen molar-refractivity contribution >= 4 is 0 Å². The molecule has 0 aliphatic carbocycles. The number of hydrogen-bond donors (Lipinski definition) is 0. The molecular formula is C12H22N2O. The Kier molecular flexibility index (Phi) is 5.22. The van der Waals surface area contributed by atoms with Crippen molar-refractivity contribution in [2.75, 3.05) is 0 Å². The Labute approximate surface area is 91.7 Å². The topological polar surface area (TPSA) is 26.9 Å². The molecule has 0 saturated heterocycles. The average Bonchev–Trinajstić information content (AvgIpc) is 2.57. The van der Waals surface area contributed by atoms with E-state index in [0.717, 1.165) is 25.9 Å². The predicted octanol–water partition coefficient (Wildman–Crippen LogP) is 2.64. The van der Waals surface area contributed by atoms with Gasteiger partial charge in [0.15, 0.2) is 0 Å². The lowest BCUT2D eigenvalue weighted by molar-refractivity contribution is 0.551. The van der Waals surface area contributed by atoms with E-state index in [2.05, 4.69) is 13.8 Å². The molecule has 0 aromatic carbocycles. The zero-order valence-corrected chi connectivity index (χ0v) is 9.91. The van der Waals surface area contributed by atoms with E-state index in [1.165, 1.54) is 19.3 Å². The number of rotatable bonds is 7. The van der Waals surface area contributed by atoms with Crippen molar-refractivity contribution in [3.63, 3.8) is 0 Å². The van der Waals surface area contributed by atoms with Gasteiger partial charge in [-0.2, -0.15) is 0 Å². The molecule has 0 N–H and O–H groups in total. The third-order valence-corrected chi connectivity index (χ3v) is 2.64. The van der Waals surface area contributed by atoms with Crippen LogP contribution in [0.25, 0.3) is 0 Å². The first-order valence-corrected chi connectivity index (χ1v) is 6.05. The molecule has 0 atom stereocenters. The summed E-state index contributed by atoms with van der Waals surface area (Å²) < 4.78 is 3.62. The highest BCUT2D eigenvalue weighted by molar-refractivity contribution is 4.81. The summed E-state index contributed by atoms with van der Waals surface area (Å²) >= 11 is 0. The average molecular weight is 210 g/mol. The molecule has 0 aliphatic rings. The quantitative estimate of drug-likeness (QED) is 0.636. The van der Waals surface area contributed by atoms with Gasteiger partial charge in [-0.15, -0.1) is 0 Å². The fraction of sp³-hybridized carbons (Fsp3) is 0.750. The van der Waals surface area contributed by atoms with Gasteiger partial charge in [0.25, 0.3) is 0 Å². The van der Waals surface area contributed by atoms with Crippen molar-refractivity contribution in [3.8, 4) is 0 Å². The SMILES string of the molecule is CCCCCCn1ccn(CCC)c1=O. The molecule has 3 nitrogen and oxygen atoms in total. The molecule has 0 radical (unpaired) electrons. The summed E-state index contributed by atoms with van der Waals surface area (Å²) in [7, 11) is 0. The summed E-state index contributed by atoms with van der Waals surface area (Å²) in [6.07, 6.45) is 9.66. The van der Waals surface area contributed by atoms with Gasteiger partial charge in [-0.25, -0.2) is 4.79 Å². The highest BCUT2D eigenvalue weighted by Gasteiger charge is 2.01. The van der Waals surface area contributed by atoms with Gasteiger partial charge >= 0.3 is 5.69 Å². The Bertz CT molecular complexity index is 325. The first kappa shape index (κ1) is 12.1. The number of unbranched alkanes of at least 4 members (excludes halogenated alkanes) is 3. The molecule has 86 valence electrons. The van der Waals surface area contributed by atoms with Crippen LogP contribution in [-0.2, 0) is 13.1 Å². The van der Waals surface area contributed by atoms with E-state index in [1.54, 1.807) is 4.57 Å². The smallest absolute Gasteiger partial charge is 0.299 e. The molecule has 0 amide bonds. The van der Waals surface area contributed by atoms with E-state index < -0.39 is 0 Å². The van der Waals surface area contributed by atoms with E-state index in [-0.39, 0.29) is 5.69 Å². The van der Waals surface area contributed by atoms with Crippen LogP contribution in [0.15, 0.2) is 17.2 Å². The summed E-state index contributed by atoms with van der Waals surface area (Å²) in [5, 5.41) is 0. The van der Waals surface area contributed by atoms with Gasteiger partial charge in [0.1, 0.15) is 0 Å². The molecular weight excluding hydrogens is 188 g/mol. The van der Waals surface area contributed by atoms with Crippen LogP contribution in [0.1, 0.15) is 46.0 Å². The first-order valence-electron chi connectivity index (χ1n) is 6.05. The van der Waals surface area contributed by atoms with Gasteiger partial charge in [0.05, 0.1) is 0 Å². The van der Waals surface area contributed by atoms with Crippen molar-refractivity contribution in [3.05, 3.63) is 22.9 Å². The minimum atomic E-state index is 0.147. The van der Waals surface area contributed by atoms with Crippen molar-refractivity contribution in [1.29, 1.82) is 0 Å². The zero-order chi connectivity index (χ0) is 11.1. The van der Waals surface area contributed by atoms with E-state index in [4.69, 9.17) is 0 Å². The monoisotopic (exact) mass is 210 g/mol. The standard InChI is InChI=1S/C12H22N2O/c1-3-5-6-7-9-14-11-10-13(8-4-2)12(14)15/h10-11H,3-9H2,1-2H3. The summed E-state index contributed by atoms with van der Waals surface area (Å²) in [6.45, 7) is 5.99. The molecule has 0 bridgehead atoms. The molecule has 15 heavy (non-hydrogen) atoms. The number of nitrogens with zero attached hydrogens (tertiary/aromatic N) is 2. The fourth-order valence-electron chi connectivity index (χ4n) is 1.74. The molecule has 3 heteroatoms. The highest BCUT2D eigenvalue weighted by Crippen LogP contribution is 2.00. The molecule has 0 aliphatic heterocycles. The number of hydrogen-bond acceptors (Lipinski definition) is 1. The Hall–Kier alpha value is -0.990. The summed E-state index contributed by atoms with van der Waals surface area (Å²) in [5.74, 6) is 0. The Balaban J connectivity index is 2.44. The van der Waals surface area contributed by atoms with Gasteiger partial charge in [0, 0.05) is 25.5 Å². The van der Waals surface area contributed by atoms with E-state index in [1.807, 2.05) is 17.0 Å². The second-order valence-corrected chi connectivity index (χ2v) is 4.03. The van der Waals surface area contributed by atoms with Gasteiger partial charge in [-0.1, -0.05) is 33.1 Å². The van der Waals surface area contributed by atoms with Gasteiger partial charge < -0.3 is 0 Å².